The molecule has 0 aliphatic heterocycles. The van der Waals surface area contributed by atoms with Gasteiger partial charge in [0.25, 0.3) is 0 Å². The maximum atomic E-state index is 11.6. The third kappa shape index (κ3) is 4.27. The van der Waals surface area contributed by atoms with E-state index in [2.05, 4.69) is 24.4 Å². The molecule has 3 heteroatoms. The molecule has 0 aromatic carbocycles. The lowest BCUT2D eigenvalue weighted by Crippen LogP contribution is -2.24. The number of carbonyl (C=O) groups is 1. The van der Waals surface area contributed by atoms with E-state index in [1.54, 1.807) is 0 Å². The van der Waals surface area contributed by atoms with Gasteiger partial charge in [-0.2, -0.15) is 0 Å². The second-order valence-electron chi connectivity index (χ2n) is 5.33. The fourth-order valence-corrected chi connectivity index (χ4v) is 2.23. The first-order valence-electron chi connectivity index (χ1n) is 7.17. The van der Waals surface area contributed by atoms with Crippen LogP contribution >= 0.6 is 0 Å². The first kappa shape index (κ1) is 13.9. The van der Waals surface area contributed by atoms with Crippen molar-refractivity contribution in [2.24, 2.45) is 5.92 Å². The molecule has 1 fully saturated rings. The van der Waals surface area contributed by atoms with E-state index in [9.17, 15) is 4.79 Å². The van der Waals surface area contributed by atoms with E-state index in [-0.39, 0.29) is 5.91 Å². The lowest BCUT2D eigenvalue weighted by atomic mass is 10.2. The van der Waals surface area contributed by atoms with Crippen LogP contribution in [0, 0.1) is 5.92 Å². The molecule has 0 bridgehead atoms. The monoisotopic (exact) mass is 261 g/mol. The molecule has 1 saturated carbocycles. The molecule has 1 N–H and O–H groups in total. The molecule has 1 aliphatic rings. The Bertz CT molecular complexity index is 447. The zero-order valence-electron chi connectivity index (χ0n) is 11.8. The Kier molecular flexibility index (Phi) is 4.83. The maximum absolute atomic E-state index is 11.6. The summed E-state index contributed by atoms with van der Waals surface area (Å²) in [6, 6.07) is 4.07. The standard InChI is InChI=1S/C16H23NO2/c1-3-4-5-10-17-16(18)9-7-13-6-8-15(19-13)14-11-12(14)2/h3-4,6,8,12,14H,5,7,9-11H2,1-2H3,(H,17,18)/b4-3+. The van der Waals surface area contributed by atoms with E-state index in [1.807, 2.05) is 19.1 Å². The summed E-state index contributed by atoms with van der Waals surface area (Å²) in [7, 11) is 0. The molecule has 19 heavy (non-hydrogen) atoms. The first-order valence-corrected chi connectivity index (χ1v) is 7.17. The second-order valence-corrected chi connectivity index (χ2v) is 5.33. The number of hydrogen-bond donors (Lipinski definition) is 1. The minimum Gasteiger partial charge on any atom is -0.466 e. The van der Waals surface area contributed by atoms with Crippen molar-refractivity contribution in [3.8, 4) is 0 Å². The Morgan fingerprint density at radius 2 is 2.32 bits per heavy atom. The van der Waals surface area contributed by atoms with Gasteiger partial charge in [-0.25, -0.2) is 0 Å². The van der Waals surface area contributed by atoms with Crippen molar-refractivity contribution in [1.82, 2.24) is 5.32 Å². The van der Waals surface area contributed by atoms with Crippen molar-refractivity contribution in [1.29, 1.82) is 0 Å². The van der Waals surface area contributed by atoms with E-state index in [1.165, 1.54) is 6.42 Å². The van der Waals surface area contributed by atoms with Crippen LogP contribution in [0.2, 0.25) is 0 Å². The first-order chi connectivity index (χ1) is 9.20. The Labute approximate surface area is 115 Å². The highest BCUT2D eigenvalue weighted by Gasteiger charge is 2.36. The van der Waals surface area contributed by atoms with Gasteiger partial charge < -0.3 is 9.73 Å². The molecular formula is C16H23NO2. The minimum absolute atomic E-state index is 0.0993. The predicted octanol–water partition coefficient (Wildman–Crippen LogP) is 3.42. The molecule has 2 rings (SSSR count). The molecule has 0 radical (unpaired) electrons. The Morgan fingerprint density at radius 1 is 1.53 bits per heavy atom. The predicted molar refractivity (Wildman–Crippen MR) is 76.0 cm³/mol. The molecule has 1 aromatic heterocycles. The zero-order chi connectivity index (χ0) is 13.7. The molecule has 0 saturated heterocycles. The van der Waals surface area contributed by atoms with Crippen LogP contribution in [0.4, 0.5) is 0 Å². The van der Waals surface area contributed by atoms with Gasteiger partial charge >= 0.3 is 0 Å². The Balaban J connectivity index is 1.67. The molecular weight excluding hydrogens is 238 g/mol. The van der Waals surface area contributed by atoms with E-state index in [0.717, 1.165) is 23.9 Å². The van der Waals surface area contributed by atoms with Gasteiger partial charge in [-0.3, -0.25) is 4.79 Å². The van der Waals surface area contributed by atoms with Crippen molar-refractivity contribution < 1.29 is 9.21 Å². The van der Waals surface area contributed by atoms with E-state index < -0.39 is 0 Å². The van der Waals surface area contributed by atoms with Crippen molar-refractivity contribution >= 4 is 5.91 Å². The number of hydrogen-bond acceptors (Lipinski definition) is 2. The second kappa shape index (κ2) is 6.60. The average molecular weight is 261 g/mol. The fourth-order valence-electron chi connectivity index (χ4n) is 2.23. The van der Waals surface area contributed by atoms with Crippen molar-refractivity contribution in [2.75, 3.05) is 6.54 Å². The van der Waals surface area contributed by atoms with Gasteiger partial charge in [0.1, 0.15) is 11.5 Å². The Morgan fingerprint density at radius 3 is 3.00 bits per heavy atom. The highest BCUT2D eigenvalue weighted by molar-refractivity contribution is 5.76. The largest absolute Gasteiger partial charge is 0.466 e. The van der Waals surface area contributed by atoms with E-state index in [4.69, 9.17) is 4.42 Å². The maximum Gasteiger partial charge on any atom is 0.220 e. The van der Waals surface area contributed by atoms with Gasteiger partial charge in [0.15, 0.2) is 0 Å². The third-order valence-electron chi connectivity index (χ3n) is 3.62. The van der Waals surface area contributed by atoms with E-state index >= 15 is 0 Å². The number of carbonyl (C=O) groups excluding carboxylic acids is 1. The summed E-state index contributed by atoms with van der Waals surface area (Å²) in [6.45, 7) is 4.94. The van der Waals surface area contributed by atoms with Crippen LogP contribution in [-0.4, -0.2) is 12.5 Å². The van der Waals surface area contributed by atoms with Crippen LogP contribution in [0.25, 0.3) is 0 Å². The lowest BCUT2D eigenvalue weighted by Gasteiger charge is -2.02. The number of allylic oxidation sites excluding steroid dienone is 1. The summed E-state index contributed by atoms with van der Waals surface area (Å²) in [4.78, 5) is 11.6. The average Bonchev–Trinajstić information content (AvgIpc) is 2.95. The molecule has 0 spiro atoms. The smallest absolute Gasteiger partial charge is 0.220 e. The van der Waals surface area contributed by atoms with Crippen molar-refractivity contribution in [3.05, 3.63) is 35.8 Å². The molecule has 104 valence electrons. The molecule has 1 amide bonds. The zero-order valence-corrected chi connectivity index (χ0v) is 11.8. The highest BCUT2D eigenvalue weighted by Crippen LogP contribution is 2.47. The van der Waals surface area contributed by atoms with Gasteiger partial charge in [-0.15, -0.1) is 0 Å². The van der Waals surface area contributed by atoms with Gasteiger partial charge in [0.2, 0.25) is 5.91 Å². The number of aryl methyl sites for hydroxylation is 1. The highest BCUT2D eigenvalue weighted by atomic mass is 16.3. The molecule has 2 unspecified atom stereocenters. The number of rotatable bonds is 7. The third-order valence-corrected chi connectivity index (χ3v) is 3.62. The van der Waals surface area contributed by atoms with E-state index in [0.29, 0.717) is 25.3 Å². The summed E-state index contributed by atoms with van der Waals surface area (Å²) >= 11 is 0. The number of amides is 1. The molecule has 1 aromatic rings. The van der Waals surface area contributed by atoms with Gasteiger partial charge in [-0.1, -0.05) is 19.1 Å². The SMILES string of the molecule is C/C=C/CCNC(=O)CCc1ccc(C2CC2C)o1. The molecule has 3 nitrogen and oxygen atoms in total. The van der Waals surface area contributed by atoms with Crippen molar-refractivity contribution in [3.63, 3.8) is 0 Å². The quantitative estimate of drug-likeness (QED) is 0.603. The van der Waals surface area contributed by atoms with Crippen LogP contribution in [0.15, 0.2) is 28.7 Å². The van der Waals surface area contributed by atoms with Gasteiger partial charge in [0, 0.05) is 25.3 Å². The van der Waals surface area contributed by atoms with Crippen LogP contribution in [0.5, 0.6) is 0 Å². The lowest BCUT2D eigenvalue weighted by molar-refractivity contribution is -0.121. The van der Waals surface area contributed by atoms with Crippen LogP contribution in [0.1, 0.15) is 50.5 Å². The summed E-state index contributed by atoms with van der Waals surface area (Å²) in [5.74, 6) is 3.49. The molecule has 1 aliphatic carbocycles. The van der Waals surface area contributed by atoms with Crippen molar-refractivity contribution in [2.45, 2.75) is 45.4 Å². The van der Waals surface area contributed by atoms with Gasteiger partial charge in [-0.05, 0) is 37.8 Å². The van der Waals surface area contributed by atoms with Crippen LogP contribution in [-0.2, 0) is 11.2 Å². The molecule has 1 heterocycles. The van der Waals surface area contributed by atoms with Crippen LogP contribution < -0.4 is 5.32 Å². The summed E-state index contributed by atoms with van der Waals surface area (Å²) in [5.41, 5.74) is 0. The minimum atomic E-state index is 0.0993. The molecule has 2 atom stereocenters. The number of nitrogens with one attached hydrogen (secondary N) is 1. The summed E-state index contributed by atoms with van der Waals surface area (Å²) in [6.07, 6.45) is 7.37. The van der Waals surface area contributed by atoms with Gasteiger partial charge in [0.05, 0.1) is 0 Å². The fraction of sp³-hybridized carbons (Fsp3) is 0.562. The topological polar surface area (TPSA) is 42.2 Å². The normalized spacial score (nSPS) is 21.8. The summed E-state index contributed by atoms with van der Waals surface area (Å²) in [5, 5.41) is 2.90. The number of furan rings is 1. The Hall–Kier alpha value is -1.51. The summed E-state index contributed by atoms with van der Waals surface area (Å²) < 4.78 is 5.78. The van der Waals surface area contributed by atoms with Crippen LogP contribution in [0.3, 0.4) is 0 Å².